The predicted octanol–water partition coefficient (Wildman–Crippen LogP) is 2.42. The SMILES string of the molecule is CC(=O)c1coc(-c2ncnc3[nH]ccc23)c1. The molecule has 0 aliphatic carbocycles. The van der Waals surface area contributed by atoms with Crippen molar-refractivity contribution in [2.45, 2.75) is 6.92 Å². The van der Waals surface area contributed by atoms with E-state index in [2.05, 4.69) is 15.0 Å². The number of hydrogen-bond acceptors (Lipinski definition) is 4. The van der Waals surface area contributed by atoms with Crippen LogP contribution < -0.4 is 0 Å². The second-order valence-electron chi connectivity index (χ2n) is 3.72. The quantitative estimate of drug-likeness (QED) is 0.682. The van der Waals surface area contributed by atoms with E-state index in [0.29, 0.717) is 17.0 Å². The van der Waals surface area contributed by atoms with Gasteiger partial charge >= 0.3 is 0 Å². The number of nitrogens with zero attached hydrogens (tertiary/aromatic N) is 2. The van der Waals surface area contributed by atoms with E-state index in [1.165, 1.54) is 19.5 Å². The topological polar surface area (TPSA) is 71.8 Å². The maximum atomic E-state index is 11.2. The average molecular weight is 227 g/mol. The van der Waals surface area contributed by atoms with E-state index >= 15 is 0 Å². The van der Waals surface area contributed by atoms with Crippen molar-refractivity contribution in [3.05, 3.63) is 36.5 Å². The number of carbonyl (C=O) groups is 1. The first-order valence-electron chi connectivity index (χ1n) is 5.13. The minimum atomic E-state index is -0.0284. The van der Waals surface area contributed by atoms with Gasteiger partial charge in [0.1, 0.15) is 23.9 Å². The molecule has 3 aromatic heterocycles. The number of rotatable bonds is 2. The van der Waals surface area contributed by atoms with Crippen molar-refractivity contribution in [2.24, 2.45) is 0 Å². The summed E-state index contributed by atoms with van der Waals surface area (Å²) in [6.45, 7) is 1.50. The molecule has 0 radical (unpaired) electrons. The Bertz CT molecular complexity index is 696. The Labute approximate surface area is 96.5 Å². The van der Waals surface area contributed by atoms with Crippen LogP contribution in [0.2, 0.25) is 0 Å². The van der Waals surface area contributed by atoms with Crippen LogP contribution in [0, 0.1) is 0 Å². The second kappa shape index (κ2) is 3.55. The number of carbonyl (C=O) groups excluding carboxylic acids is 1. The molecular weight excluding hydrogens is 218 g/mol. The lowest BCUT2D eigenvalue weighted by atomic mass is 10.2. The predicted molar refractivity (Wildman–Crippen MR) is 61.6 cm³/mol. The molecule has 0 aliphatic rings. The van der Waals surface area contributed by atoms with Gasteiger partial charge in [0.05, 0.1) is 5.56 Å². The molecule has 0 aliphatic heterocycles. The van der Waals surface area contributed by atoms with E-state index in [1.54, 1.807) is 12.3 Å². The fraction of sp³-hybridized carbons (Fsp3) is 0.0833. The first kappa shape index (κ1) is 9.77. The highest BCUT2D eigenvalue weighted by atomic mass is 16.3. The molecule has 3 aromatic rings. The van der Waals surface area contributed by atoms with E-state index in [4.69, 9.17) is 4.42 Å². The van der Waals surface area contributed by atoms with E-state index < -0.39 is 0 Å². The maximum Gasteiger partial charge on any atom is 0.163 e. The van der Waals surface area contributed by atoms with E-state index in [-0.39, 0.29) is 5.78 Å². The Morgan fingerprint density at radius 1 is 1.41 bits per heavy atom. The number of Topliss-reactive ketones (excluding diaryl/α,β-unsaturated/α-hetero) is 1. The number of nitrogens with one attached hydrogen (secondary N) is 1. The second-order valence-corrected chi connectivity index (χ2v) is 3.72. The molecule has 0 saturated heterocycles. The third-order valence-corrected chi connectivity index (χ3v) is 2.59. The smallest absolute Gasteiger partial charge is 0.163 e. The minimum absolute atomic E-state index is 0.0284. The zero-order chi connectivity index (χ0) is 11.8. The number of hydrogen-bond donors (Lipinski definition) is 1. The fourth-order valence-corrected chi connectivity index (χ4v) is 1.71. The molecule has 84 valence electrons. The monoisotopic (exact) mass is 227 g/mol. The first-order valence-corrected chi connectivity index (χ1v) is 5.13. The Morgan fingerprint density at radius 2 is 2.29 bits per heavy atom. The number of ketones is 1. The summed E-state index contributed by atoms with van der Waals surface area (Å²) >= 11 is 0. The summed E-state index contributed by atoms with van der Waals surface area (Å²) in [5.41, 5.74) is 1.97. The number of furan rings is 1. The van der Waals surface area contributed by atoms with Crippen LogP contribution in [0.1, 0.15) is 17.3 Å². The summed E-state index contributed by atoms with van der Waals surface area (Å²) in [4.78, 5) is 22.5. The molecule has 0 saturated carbocycles. The molecule has 3 rings (SSSR count). The van der Waals surface area contributed by atoms with Crippen LogP contribution in [-0.2, 0) is 0 Å². The van der Waals surface area contributed by atoms with Crippen LogP contribution >= 0.6 is 0 Å². The van der Waals surface area contributed by atoms with Crippen LogP contribution in [0.4, 0.5) is 0 Å². The standard InChI is InChI=1S/C12H9N3O2/c1-7(16)8-4-10(17-5-8)11-9-2-3-13-12(9)15-6-14-11/h2-6H,1H3,(H,13,14,15). The van der Waals surface area contributed by atoms with Gasteiger partial charge in [-0.2, -0.15) is 0 Å². The molecule has 0 fully saturated rings. The fourth-order valence-electron chi connectivity index (χ4n) is 1.71. The van der Waals surface area contributed by atoms with Gasteiger partial charge in [-0.15, -0.1) is 0 Å². The summed E-state index contributed by atoms with van der Waals surface area (Å²) in [7, 11) is 0. The van der Waals surface area contributed by atoms with Crippen LogP contribution in [0.25, 0.3) is 22.5 Å². The lowest BCUT2D eigenvalue weighted by molar-refractivity contribution is 0.101. The molecule has 0 aromatic carbocycles. The maximum absolute atomic E-state index is 11.2. The third-order valence-electron chi connectivity index (χ3n) is 2.59. The van der Waals surface area contributed by atoms with Crippen molar-refractivity contribution >= 4 is 16.8 Å². The van der Waals surface area contributed by atoms with Gasteiger partial charge < -0.3 is 9.40 Å². The minimum Gasteiger partial charge on any atom is -0.462 e. The van der Waals surface area contributed by atoms with Crippen LogP contribution in [-0.4, -0.2) is 20.7 Å². The average Bonchev–Trinajstić information content (AvgIpc) is 2.97. The molecule has 1 N–H and O–H groups in total. The van der Waals surface area contributed by atoms with Gasteiger partial charge in [0.25, 0.3) is 0 Å². The number of H-pyrrole nitrogens is 1. The molecule has 17 heavy (non-hydrogen) atoms. The molecule has 3 heterocycles. The Kier molecular flexibility index (Phi) is 2.04. The van der Waals surface area contributed by atoms with Crippen molar-refractivity contribution in [2.75, 3.05) is 0 Å². The lowest BCUT2D eigenvalue weighted by Gasteiger charge is -1.96. The molecule has 0 unspecified atom stereocenters. The highest BCUT2D eigenvalue weighted by Crippen LogP contribution is 2.26. The third kappa shape index (κ3) is 1.52. The number of fused-ring (bicyclic) bond motifs is 1. The molecule has 5 heteroatoms. The molecular formula is C12H9N3O2. The van der Waals surface area contributed by atoms with Crippen molar-refractivity contribution in [1.82, 2.24) is 15.0 Å². The Balaban J connectivity index is 2.19. The zero-order valence-electron chi connectivity index (χ0n) is 9.10. The van der Waals surface area contributed by atoms with Gasteiger partial charge in [0, 0.05) is 11.6 Å². The first-order chi connectivity index (χ1) is 8.25. The van der Waals surface area contributed by atoms with Gasteiger partial charge in [0.2, 0.25) is 0 Å². The zero-order valence-corrected chi connectivity index (χ0v) is 9.10. The van der Waals surface area contributed by atoms with Crippen molar-refractivity contribution in [3.8, 4) is 11.5 Å². The van der Waals surface area contributed by atoms with Gasteiger partial charge in [-0.3, -0.25) is 4.79 Å². The summed E-state index contributed by atoms with van der Waals surface area (Å²) < 4.78 is 5.36. The summed E-state index contributed by atoms with van der Waals surface area (Å²) in [6.07, 6.45) is 4.69. The van der Waals surface area contributed by atoms with Crippen molar-refractivity contribution < 1.29 is 9.21 Å². The van der Waals surface area contributed by atoms with Gasteiger partial charge in [-0.25, -0.2) is 9.97 Å². The summed E-state index contributed by atoms with van der Waals surface area (Å²) in [5, 5.41) is 0.872. The molecule has 0 spiro atoms. The Morgan fingerprint density at radius 3 is 3.06 bits per heavy atom. The van der Waals surface area contributed by atoms with Gasteiger partial charge in [-0.05, 0) is 19.1 Å². The highest BCUT2D eigenvalue weighted by Gasteiger charge is 2.12. The lowest BCUT2D eigenvalue weighted by Crippen LogP contribution is -1.87. The van der Waals surface area contributed by atoms with Crippen LogP contribution in [0.3, 0.4) is 0 Å². The van der Waals surface area contributed by atoms with Crippen LogP contribution in [0.5, 0.6) is 0 Å². The Hall–Kier alpha value is -2.43. The summed E-state index contributed by atoms with van der Waals surface area (Å²) in [5.74, 6) is 0.543. The molecule has 0 bridgehead atoms. The van der Waals surface area contributed by atoms with Crippen molar-refractivity contribution in [1.29, 1.82) is 0 Å². The normalized spacial score (nSPS) is 10.9. The van der Waals surface area contributed by atoms with Gasteiger partial charge in [0.15, 0.2) is 11.5 Å². The highest BCUT2D eigenvalue weighted by molar-refractivity contribution is 5.96. The number of aromatic nitrogens is 3. The van der Waals surface area contributed by atoms with Crippen molar-refractivity contribution in [3.63, 3.8) is 0 Å². The summed E-state index contributed by atoms with van der Waals surface area (Å²) in [6, 6.07) is 3.57. The molecule has 5 nitrogen and oxygen atoms in total. The largest absolute Gasteiger partial charge is 0.462 e. The molecule has 0 amide bonds. The van der Waals surface area contributed by atoms with Gasteiger partial charge in [-0.1, -0.05) is 0 Å². The van der Waals surface area contributed by atoms with E-state index in [0.717, 1.165) is 11.0 Å². The molecule has 0 atom stereocenters. The number of aromatic amines is 1. The van der Waals surface area contributed by atoms with E-state index in [9.17, 15) is 4.79 Å². The van der Waals surface area contributed by atoms with Crippen LogP contribution in [0.15, 0.2) is 35.3 Å². The van der Waals surface area contributed by atoms with E-state index in [1.807, 2.05) is 6.07 Å².